The van der Waals surface area contributed by atoms with Gasteiger partial charge in [0.05, 0.1) is 13.2 Å². The molecule has 1 saturated heterocycles. The molecule has 1 fully saturated rings. The van der Waals surface area contributed by atoms with Crippen LogP contribution in [0.4, 0.5) is 10.1 Å². The number of ether oxygens (including phenoxy) is 1. The zero-order valence-electron chi connectivity index (χ0n) is 16.2. The monoisotopic (exact) mass is 383 g/mol. The first-order valence-corrected chi connectivity index (χ1v) is 9.82. The van der Waals surface area contributed by atoms with Gasteiger partial charge in [-0.1, -0.05) is 18.2 Å². The number of nitrogens with one attached hydrogen (secondary N) is 1. The van der Waals surface area contributed by atoms with Gasteiger partial charge in [0, 0.05) is 44.8 Å². The van der Waals surface area contributed by atoms with Crippen LogP contribution in [0.2, 0.25) is 0 Å². The fourth-order valence-corrected chi connectivity index (χ4v) is 3.78. The second-order valence-corrected chi connectivity index (χ2v) is 7.60. The van der Waals surface area contributed by atoms with E-state index in [1.54, 1.807) is 19.1 Å². The second kappa shape index (κ2) is 8.29. The van der Waals surface area contributed by atoms with Gasteiger partial charge in [-0.05, 0) is 41.8 Å². The lowest BCUT2D eigenvalue weighted by Crippen LogP contribution is -2.48. The summed E-state index contributed by atoms with van der Waals surface area (Å²) in [5, 5.41) is 2.79. The van der Waals surface area contributed by atoms with Gasteiger partial charge in [-0.3, -0.25) is 14.6 Å². The highest BCUT2D eigenvalue weighted by molar-refractivity contribution is 5.92. The highest BCUT2D eigenvalue weighted by atomic mass is 19.1. The summed E-state index contributed by atoms with van der Waals surface area (Å²) < 4.78 is 19.2. The van der Waals surface area contributed by atoms with Gasteiger partial charge in [0.1, 0.15) is 11.6 Å². The number of carbonyl (C=O) groups is 1. The van der Waals surface area contributed by atoms with Crippen LogP contribution >= 0.6 is 0 Å². The standard InChI is InChI=1S/C22H26FN3O2/c1-16-2-4-19(13-20(16)23)24-22(27)15-26-9-7-25(8-10-26)14-17-3-5-21-18(12-17)6-11-28-21/h2-5,12-13H,6-11,14-15H2,1H3,(H,24,27). The third-order valence-electron chi connectivity index (χ3n) is 5.45. The van der Waals surface area contributed by atoms with Crippen LogP contribution in [0, 0.1) is 12.7 Å². The van der Waals surface area contributed by atoms with Crippen molar-refractivity contribution in [1.29, 1.82) is 0 Å². The minimum absolute atomic E-state index is 0.102. The Morgan fingerprint density at radius 1 is 1.11 bits per heavy atom. The maximum Gasteiger partial charge on any atom is 0.238 e. The van der Waals surface area contributed by atoms with E-state index < -0.39 is 0 Å². The van der Waals surface area contributed by atoms with Gasteiger partial charge in [-0.25, -0.2) is 4.39 Å². The van der Waals surface area contributed by atoms with Crippen molar-refractivity contribution < 1.29 is 13.9 Å². The van der Waals surface area contributed by atoms with Crippen LogP contribution in [0.5, 0.6) is 5.75 Å². The highest BCUT2D eigenvalue weighted by Crippen LogP contribution is 2.26. The number of piperazine rings is 1. The Bertz CT molecular complexity index is 863. The van der Waals surface area contributed by atoms with E-state index in [-0.39, 0.29) is 11.7 Å². The van der Waals surface area contributed by atoms with E-state index >= 15 is 0 Å². The molecule has 0 spiro atoms. The van der Waals surface area contributed by atoms with E-state index in [0.717, 1.165) is 51.5 Å². The molecule has 0 unspecified atom stereocenters. The molecule has 28 heavy (non-hydrogen) atoms. The molecule has 5 nitrogen and oxygen atoms in total. The number of rotatable bonds is 5. The molecule has 0 bridgehead atoms. The van der Waals surface area contributed by atoms with Crippen molar-refractivity contribution in [2.45, 2.75) is 19.9 Å². The highest BCUT2D eigenvalue weighted by Gasteiger charge is 2.20. The minimum atomic E-state index is -0.301. The van der Waals surface area contributed by atoms with Crippen LogP contribution < -0.4 is 10.1 Å². The fraction of sp³-hybridized carbons (Fsp3) is 0.409. The lowest BCUT2D eigenvalue weighted by Gasteiger charge is -2.34. The third-order valence-corrected chi connectivity index (χ3v) is 5.45. The molecule has 0 atom stereocenters. The first-order chi connectivity index (χ1) is 13.6. The summed E-state index contributed by atoms with van der Waals surface area (Å²) in [5.41, 5.74) is 3.70. The number of anilines is 1. The largest absolute Gasteiger partial charge is 0.493 e. The number of aryl methyl sites for hydroxylation is 1. The number of hydrogen-bond donors (Lipinski definition) is 1. The minimum Gasteiger partial charge on any atom is -0.493 e. The van der Waals surface area contributed by atoms with Crippen LogP contribution in [-0.4, -0.2) is 55.0 Å². The van der Waals surface area contributed by atoms with E-state index in [1.807, 2.05) is 0 Å². The molecule has 0 aromatic heterocycles. The van der Waals surface area contributed by atoms with Crippen molar-refractivity contribution in [3.8, 4) is 5.75 Å². The Morgan fingerprint density at radius 3 is 2.68 bits per heavy atom. The molecule has 2 aromatic carbocycles. The van der Waals surface area contributed by atoms with E-state index in [1.165, 1.54) is 17.2 Å². The lowest BCUT2D eigenvalue weighted by atomic mass is 10.1. The maximum absolute atomic E-state index is 13.6. The Hall–Kier alpha value is -2.44. The molecular formula is C22H26FN3O2. The van der Waals surface area contributed by atoms with Crippen LogP contribution in [0.25, 0.3) is 0 Å². The van der Waals surface area contributed by atoms with Crippen LogP contribution in [-0.2, 0) is 17.8 Å². The fourth-order valence-electron chi connectivity index (χ4n) is 3.78. The van der Waals surface area contributed by atoms with Gasteiger partial charge in [0.25, 0.3) is 0 Å². The first kappa shape index (κ1) is 18.9. The smallest absolute Gasteiger partial charge is 0.238 e. The number of benzene rings is 2. The molecule has 6 heteroatoms. The average molecular weight is 383 g/mol. The molecule has 1 amide bonds. The zero-order chi connectivity index (χ0) is 19.5. The molecule has 0 aliphatic carbocycles. The summed E-state index contributed by atoms with van der Waals surface area (Å²) in [6, 6.07) is 11.2. The predicted octanol–water partition coefficient (Wildman–Crippen LogP) is 2.83. The molecule has 2 heterocycles. The van der Waals surface area contributed by atoms with Gasteiger partial charge in [-0.2, -0.15) is 0 Å². The second-order valence-electron chi connectivity index (χ2n) is 7.60. The predicted molar refractivity (Wildman–Crippen MR) is 107 cm³/mol. The molecular weight excluding hydrogens is 357 g/mol. The molecule has 2 aromatic rings. The molecule has 2 aliphatic heterocycles. The molecule has 4 rings (SSSR count). The average Bonchev–Trinajstić information content (AvgIpc) is 3.14. The summed E-state index contributed by atoms with van der Waals surface area (Å²) in [6.07, 6.45) is 0.997. The van der Waals surface area contributed by atoms with Gasteiger partial charge < -0.3 is 10.1 Å². The van der Waals surface area contributed by atoms with Crippen molar-refractivity contribution in [3.05, 3.63) is 58.9 Å². The number of hydrogen-bond acceptors (Lipinski definition) is 4. The zero-order valence-corrected chi connectivity index (χ0v) is 16.2. The number of halogens is 1. The number of amides is 1. The molecule has 0 radical (unpaired) electrons. The summed E-state index contributed by atoms with van der Waals surface area (Å²) in [4.78, 5) is 16.8. The Kier molecular flexibility index (Phi) is 5.59. The Morgan fingerprint density at radius 2 is 1.89 bits per heavy atom. The van der Waals surface area contributed by atoms with Crippen molar-refractivity contribution >= 4 is 11.6 Å². The quantitative estimate of drug-likeness (QED) is 0.862. The van der Waals surface area contributed by atoms with Gasteiger partial charge >= 0.3 is 0 Å². The van der Waals surface area contributed by atoms with Crippen LogP contribution in [0.3, 0.4) is 0 Å². The van der Waals surface area contributed by atoms with Crippen molar-refractivity contribution in [1.82, 2.24) is 9.80 Å². The molecule has 1 N–H and O–H groups in total. The summed E-state index contributed by atoms with van der Waals surface area (Å²) in [6.45, 7) is 7.31. The topological polar surface area (TPSA) is 44.8 Å². The van der Waals surface area contributed by atoms with Gasteiger partial charge in [0.15, 0.2) is 0 Å². The maximum atomic E-state index is 13.6. The van der Waals surface area contributed by atoms with Crippen molar-refractivity contribution in [3.63, 3.8) is 0 Å². The van der Waals surface area contributed by atoms with Gasteiger partial charge in [-0.15, -0.1) is 0 Å². The first-order valence-electron chi connectivity index (χ1n) is 9.82. The van der Waals surface area contributed by atoms with Crippen molar-refractivity contribution in [2.75, 3.05) is 44.6 Å². The van der Waals surface area contributed by atoms with Gasteiger partial charge in [0.2, 0.25) is 5.91 Å². The van der Waals surface area contributed by atoms with Crippen LogP contribution in [0.15, 0.2) is 36.4 Å². The number of nitrogens with zero attached hydrogens (tertiary/aromatic N) is 2. The number of fused-ring (bicyclic) bond motifs is 1. The van der Waals surface area contributed by atoms with E-state index in [2.05, 4.69) is 33.3 Å². The van der Waals surface area contributed by atoms with Crippen LogP contribution in [0.1, 0.15) is 16.7 Å². The summed E-state index contributed by atoms with van der Waals surface area (Å²) in [5.74, 6) is 0.618. The lowest BCUT2D eigenvalue weighted by molar-refractivity contribution is -0.117. The summed E-state index contributed by atoms with van der Waals surface area (Å²) in [7, 11) is 0. The Balaban J connectivity index is 1.23. The molecule has 2 aliphatic rings. The normalized spacial score (nSPS) is 17.2. The molecule has 0 saturated carbocycles. The number of carbonyl (C=O) groups excluding carboxylic acids is 1. The SMILES string of the molecule is Cc1ccc(NC(=O)CN2CCN(Cc3ccc4c(c3)CCO4)CC2)cc1F. The van der Waals surface area contributed by atoms with E-state index in [4.69, 9.17) is 4.74 Å². The van der Waals surface area contributed by atoms with E-state index in [0.29, 0.717) is 17.8 Å². The Labute approximate surface area is 165 Å². The van der Waals surface area contributed by atoms with Crippen molar-refractivity contribution in [2.24, 2.45) is 0 Å². The molecule has 148 valence electrons. The third kappa shape index (κ3) is 4.51. The summed E-state index contributed by atoms with van der Waals surface area (Å²) >= 11 is 0. The van der Waals surface area contributed by atoms with E-state index in [9.17, 15) is 9.18 Å².